The molecule has 0 saturated heterocycles. The van der Waals surface area contributed by atoms with Gasteiger partial charge in [-0.15, -0.1) is 11.8 Å². The predicted octanol–water partition coefficient (Wildman–Crippen LogP) is 5.49. The zero-order chi connectivity index (χ0) is 16.2. The highest BCUT2D eigenvalue weighted by Crippen LogP contribution is 2.47. The van der Waals surface area contributed by atoms with Gasteiger partial charge >= 0.3 is 0 Å². The van der Waals surface area contributed by atoms with Gasteiger partial charge in [-0.05, 0) is 48.9 Å². The molecule has 2 aromatic rings. The van der Waals surface area contributed by atoms with Crippen LogP contribution in [-0.2, 0) is 6.42 Å². The molecule has 120 valence electrons. The van der Waals surface area contributed by atoms with E-state index in [2.05, 4.69) is 78.5 Å². The fourth-order valence-corrected chi connectivity index (χ4v) is 4.35. The van der Waals surface area contributed by atoms with Crippen LogP contribution in [0.15, 0.2) is 54.1 Å². The topological polar surface area (TPSA) is 16.1 Å². The molecular formula is C20H24N2S. The molecule has 23 heavy (non-hydrogen) atoms. The minimum Gasteiger partial charge on any atom is -0.352 e. The fourth-order valence-electron chi connectivity index (χ4n) is 3.04. The molecule has 1 atom stereocenters. The number of hydrogen-bond acceptors (Lipinski definition) is 3. The monoisotopic (exact) mass is 324 g/mol. The maximum atomic E-state index is 4.50. The van der Waals surface area contributed by atoms with E-state index < -0.39 is 0 Å². The third-order valence-corrected chi connectivity index (χ3v) is 5.21. The van der Waals surface area contributed by atoms with Crippen LogP contribution in [0.3, 0.4) is 0 Å². The smallest absolute Gasteiger partial charge is 0.105 e. The number of rotatable bonds is 5. The summed E-state index contributed by atoms with van der Waals surface area (Å²) in [4.78, 5) is 7.02. The summed E-state index contributed by atoms with van der Waals surface area (Å²) >= 11 is 1.90. The molecule has 0 amide bonds. The van der Waals surface area contributed by atoms with Gasteiger partial charge in [0, 0.05) is 17.9 Å². The highest BCUT2D eigenvalue weighted by molar-refractivity contribution is 8.02. The molecule has 0 N–H and O–H groups in total. The number of benzene rings is 1. The highest BCUT2D eigenvalue weighted by Gasteiger charge is 2.31. The van der Waals surface area contributed by atoms with Crippen molar-refractivity contribution in [1.29, 1.82) is 0 Å². The van der Waals surface area contributed by atoms with E-state index in [-0.39, 0.29) is 0 Å². The molecule has 0 saturated carbocycles. The average molecular weight is 324 g/mol. The van der Waals surface area contributed by atoms with Gasteiger partial charge in [0.15, 0.2) is 0 Å². The molecule has 1 aliphatic heterocycles. The average Bonchev–Trinajstić information content (AvgIpc) is 3.01. The zero-order valence-electron chi connectivity index (χ0n) is 14.1. The van der Waals surface area contributed by atoms with E-state index >= 15 is 0 Å². The number of aryl methyl sites for hydroxylation is 1. The van der Waals surface area contributed by atoms with Crippen molar-refractivity contribution in [3.8, 4) is 0 Å². The first kappa shape index (κ1) is 16.1. The number of aromatic nitrogens is 1. The summed E-state index contributed by atoms with van der Waals surface area (Å²) in [5.41, 5.74) is 5.16. The first-order valence-corrected chi connectivity index (χ1v) is 9.29. The Morgan fingerprint density at radius 1 is 1.17 bits per heavy atom. The van der Waals surface area contributed by atoms with E-state index in [4.69, 9.17) is 0 Å². The van der Waals surface area contributed by atoms with Gasteiger partial charge in [0.05, 0.1) is 5.70 Å². The van der Waals surface area contributed by atoms with Crippen molar-refractivity contribution < 1.29 is 0 Å². The van der Waals surface area contributed by atoms with Crippen LogP contribution in [0.25, 0.3) is 5.70 Å². The third-order valence-electron chi connectivity index (χ3n) is 4.10. The van der Waals surface area contributed by atoms with Gasteiger partial charge in [0.25, 0.3) is 0 Å². The molecule has 2 heterocycles. The second kappa shape index (κ2) is 7.22. The lowest BCUT2D eigenvalue weighted by atomic mass is 10.1. The lowest BCUT2D eigenvalue weighted by Gasteiger charge is -2.33. The molecule has 1 aliphatic rings. The van der Waals surface area contributed by atoms with Gasteiger partial charge < -0.3 is 4.90 Å². The van der Waals surface area contributed by atoms with Crippen molar-refractivity contribution in [2.45, 2.75) is 45.0 Å². The molecule has 1 unspecified atom stereocenters. The first-order valence-electron chi connectivity index (χ1n) is 8.35. The summed E-state index contributed by atoms with van der Waals surface area (Å²) in [5, 5.41) is 2.64. The van der Waals surface area contributed by atoms with Crippen molar-refractivity contribution in [1.82, 2.24) is 9.88 Å². The van der Waals surface area contributed by atoms with Crippen LogP contribution in [0.4, 0.5) is 0 Å². The summed E-state index contributed by atoms with van der Waals surface area (Å²) < 4.78 is 0. The highest BCUT2D eigenvalue weighted by atomic mass is 32.2. The molecule has 1 aromatic heterocycles. The molecule has 0 bridgehead atoms. The second-order valence-corrected chi connectivity index (χ2v) is 7.14. The molecule has 0 aliphatic carbocycles. The molecule has 0 spiro atoms. The summed E-state index contributed by atoms with van der Waals surface area (Å²) in [6.07, 6.45) is 4.14. The number of hydrogen-bond donors (Lipinski definition) is 0. The number of thioether (sulfide) groups is 1. The van der Waals surface area contributed by atoms with Crippen LogP contribution in [-0.4, -0.2) is 15.9 Å². The minimum absolute atomic E-state index is 0.337. The van der Waals surface area contributed by atoms with E-state index in [0.717, 1.165) is 12.8 Å². The van der Waals surface area contributed by atoms with E-state index in [0.29, 0.717) is 11.4 Å². The Labute approximate surface area is 143 Å². The van der Waals surface area contributed by atoms with Gasteiger partial charge in [0.1, 0.15) is 5.37 Å². The Morgan fingerprint density at radius 2 is 1.96 bits per heavy atom. The lowest BCUT2D eigenvalue weighted by Crippen LogP contribution is -2.29. The van der Waals surface area contributed by atoms with Gasteiger partial charge in [0.2, 0.25) is 0 Å². The maximum Gasteiger partial charge on any atom is 0.105 e. The van der Waals surface area contributed by atoms with Crippen LogP contribution in [0.2, 0.25) is 0 Å². The Kier molecular flexibility index (Phi) is 5.06. The Morgan fingerprint density at radius 3 is 2.65 bits per heavy atom. The van der Waals surface area contributed by atoms with Gasteiger partial charge in [-0.1, -0.05) is 43.7 Å². The van der Waals surface area contributed by atoms with Crippen molar-refractivity contribution >= 4 is 17.5 Å². The standard InChI is InChI=1S/C20H24N2S/c1-4-8-18-13-17(11-12-21-18)20-22(15(2)3)19(14-23-20)16-9-6-5-7-10-16/h5-7,9-15,20H,4,8H2,1-3H3. The molecule has 2 nitrogen and oxygen atoms in total. The molecular weight excluding hydrogens is 300 g/mol. The van der Waals surface area contributed by atoms with Crippen LogP contribution in [0.1, 0.15) is 49.4 Å². The fraction of sp³-hybridized carbons (Fsp3) is 0.350. The maximum absolute atomic E-state index is 4.50. The van der Waals surface area contributed by atoms with E-state index in [9.17, 15) is 0 Å². The molecule has 1 aromatic carbocycles. The third kappa shape index (κ3) is 3.45. The van der Waals surface area contributed by atoms with Gasteiger partial charge in [-0.25, -0.2) is 0 Å². The van der Waals surface area contributed by atoms with Crippen LogP contribution >= 0.6 is 11.8 Å². The van der Waals surface area contributed by atoms with E-state index in [1.54, 1.807) is 0 Å². The number of pyridine rings is 1. The van der Waals surface area contributed by atoms with Gasteiger partial charge in [-0.3, -0.25) is 4.98 Å². The van der Waals surface area contributed by atoms with Crippen LogP contribution < -0.4 is 0 Å². The van der Waals surface area contributed by atoms with E-state index in [1.807, 2.05) is 18.0 Å². The Balaban J connectivity index is 1.91. The molecule has 0 radical (unpaired) electrons. The quantitative estimate of drug-likeness (QED) is 0.723. The predicted molar refractivity (Wildman–Crippen MR) is 100.0 cm³/mol. The summed E-state index contributed by atoms with van der Waals surface area (Å²) in [7, 11) is 0. The normalized spacial score (nSPS) is 17.7. The second-order valence-electron chi connectivity index (χ2n) is 6.19. The molecule has 3 heteroatoms. The van der Waals surface area contributed by atoms with Crippen molar-refractivity contribution in [3.05, 3.63) is 70.9 Å². The first-order chi connectivity index (χ1) is 11.2. The van der Waals surface area contributed by atoms with Crippen LogP contribution in [0, 0.1) is 0 Å². The molecule has 0 fully saturated rings. The lowest BCUT2D eigenvalue weighted by molar-refractivity contribution is 0.320. The van der Waals surface area contributed by atoms with Crippen molar-refractivity contribution in [2.75, 3.05) is 0 Å². The van der Waals surface area contributed by atoms with Crippen molar-refractivity contribution in [3.63, 3.8) is 0 Å². The summed E-state index contributed by atoms with van der Waals surface area (Å²) in [6.45, 7) is 6.74. The number of nitrogens with zero attached hydrogens (tertiary/aromatic N) is 2. The van der Waals surface area contributed by atoms with E-state index in [1.165, 1.54) is 22.5 Å². The summed E-state index contributed by atoms with van der Waals surface area (Å²) in [6, 6.07) is 15.6. The largest absolute Gasteiger partial charge is 0.352 e. The van der Waals surface area contributed by atoms with Gasteiger partial charge in [-0.2, -0.15) is 0 Å². The Bertz CT molecular complexity index is 679. The Hall–Kier alpha value is -1.74. The zero-order valence-corrected chi connectivity index (χ0v) is 14.9. The van der Waals surface area contributed by atoms with Crippen LogP contribution in [0.5, 0.6) is 0 Å². The molecule has 3 rings (SSSR count). The summed E-state index contributed by atoms with van der Waals surface area (Å²) in [5.74, 6) is 0. The SMILES string of the molecule is CCCc1cc(C2SC=C(c3ccccc3)N2C(C)C)ccn1. The minimum atomic E-state index is 0.337. The van der Waals surface area contributed by atoms with Crippen molar-refractivity contribution in [2.24, 2.45) is 0 Å².